The third-order valence-electron chi connectivity index (χ3n) is 5.27. The van der Waals surface area contributed by atoms with Crippen molar-refractivity contribution >= 4 is 30.7 Å². The van der Waals surface area contributed by atoms with Crippen LogP contribution in [0.5, 0.6) is 0 Å². The van der Waals surface area contributed by atoms with Crippen molar-refractivity contribution in [3.63, 3.8) is 0 Å². The van der Waals surface area contributed by atoms with Gasteiger partial charge in [-0.25, -0.2) is 0 Å². The average Bonchev–Trinajstić information content (AvgIpc) is 2.57. The van der Waals surface area contributed by atoms with E-state index in [1.165, 1.54) is 5.56 Å². The van der Waals surface area contributed by atoms with E-state index in [2.05, 4.69) is 40.5 Å². The number of piperidine rings is 1. The van der Waals surface area contributed by atoms with Crippen LogP contribution in [0.3, 0.4) is 0 Å². The van der Waals surface area contributed by atoms with Crippen molar-refractivity contribution in [3.8, 4) is 0 Å². The predicted octanol–water partition coefficient (Wildman–Crippen LogP) is 3.13. The molecule has 1 saturated heterocycles. The summed E-state index contributed by atoms with van der Waals surface area (Å²) in [6.45, 7) is 3.13. The van der Waals surface area contributed by atoms with Crippen LogP contribution >= 0.6 is 24.8 Å². The van der Waals surface area contributed by atoms with Gasteiger partial charge in [-0.05, 0) is 37.7 Å². The highest BCUT2D eigenvalue weighted by Gasteiger charge is 2.28. The fraction of sp³-hybridized carbons (Fsp3) is 0.632. The van der Waals surface area contributed by atoms with Crippen LogP contribution < -0.4 is 11.1 Å². The minimum absolute atomic E-state index is 0. The summed E-state index contributed by atoms with van der Waals surface area (Å²) in [5.74, 6) is 0.378. The van der Waals surface area contributed by atoms with E-state index in [-0.39, 0.29) is 42.7 Å². The van der Waals surface area contributed by atoms with E-state index in [4.69, 9.17) is 5.73 Å². The van der Waals surface area contributed by atoms with E-state index in [0.29, 0.717) is 6.04 Å². The first-order valence-electron chi connectivity index (χ1n) is 9.03. The van der Waals surface area contributed by atoms with Gasteiger partial charge < -0.3 is 11.1 Å². The molecule has 1 amide bonds. The minimum atomic E-state index is 0. The van der Waals surface area contributed by atoms with Gasteiger partial charge in [-0.3, -0.25) is 9.69 Å². The van der Waals surface area contributed by atoms with Gasteiger partial charge in [-0.15, -0.1) is 24.8 Å². The Morgan fingerprint density at radius 1 is 1.08 bits per heavy atom. The molecule has 0 radical (unpaired) electrons. The molecule has 25 heavy (non-hydrogen) atoms. The number of benzene rings is 1. The number of rotatable bonds is 4. The Morgan fingerprint density at radius 3 is 2.40 bits per heavy atom. The first kappa shape index (κ1) is 22.2. The molecule has 1 saturated carbocycles. The van der Waals surface area contributed by atoms with Crippen LogP contribution in [-0.4, -0.2) is 36.0 Å². The summed E-state index contributed by atoms with van der Waals surface area (Å²) in [5.41, 5.74) is 7.37. The van der Waals surface area contributed by atoms with Gasteiger partial charge in [0.05, 0.1) is 0 Å². The van der Waals surface area contributed by atoms with E-state index in [1.807, 2.05) is 0 Å². The van der Waals surface area contributed by atoms with Crippen LogP contribution in [-0.2, 0) is 11.3 Å². The topological polar surface area (TPSA) is 58.4 Å². The Balaban J connectivity index is 0.00000156. The molecule has 2 atom stereocenters. The summed E-state index contributed by atoms with van der Waals surface area (Å²) in [5, 5.41) is 3.27. The fourth-order valence-corrected chi connectivity index (χ4v) is 3.86. The Morgan fingerprint density at radius 2 is 1.76 bits per heavy atom. The number of hydrogen-bond donors (Lipinski definition) is 2. The van der Waals surface area contributed by atoms with E-state index >= 15 is 0 Å². The van der Waals surface area contributed by atoms with Gasteiger partial charge >= 0.3 is 0 Å². The lowest BCUT2D eigenvalue weighted by molar-refractivity contribution is -0.127. The highest BCUT2D eigenvalue weighted by atomic mass is 35.5. The van der Waals surface area contributed by atoms with Crippen molar-refractivity contribution in [3.05, 3.63) is 35.9 Å². The summed E-state index contributed by atoms with van der Waals surface area (Å²) >= 11 is 0. The fourth-order valence-electron chi connectivity index (χ4n) is 3.86. The van der Waals surface area contributed by atoms with Gasteiger partial charge in [0.2, 0.25) is 5.91 Å². The van der Waals surface area contributed by atoms with Gasteiger partial charge in [0.1, 0.15) is 0 Å². The molecule has 1 aromatic carbocycles. The van der Waals surface area contributed by atoms with Gasteiger partial charge in [-0.2, -0.15) is 0 Å². The van der Waals surface area contributed by atoms with E-state index in [9.17, 15) is 4.79 Å². The van der Waals surface area contributed by atoms with Crippen molar-refractivity contribution in [1.82, 2.24) is 10.2 Å². The van der Waals surface area contributed by atoms with Crippen molar-refractivity contribution in [1.29, 1.82) is 0 Å². The normalized spacial score (nSPS) is 24.7. The first-order valence-corrected chi connectivity index (χ1v) is 9.03. The summed E-state index contributed by atoms with van der Waals surface area (Å²) < 4.78 is 0. The largest absolute Gasteiger partial charge is 0.353 e. The number of carbonyl (C=O) groups excluding carboxylic acids is 1. The summed E-state index contributed by atoms with van der Waals surface area (Å²) in [6, 6.07) is 11.2. The number of halogens is 2. The SMILES string of the molecule is Cl.Cl.NC1CCCC(C(=O)NC2CCN(Cc3ccccc3)CC2)C1. The average molecular weight is 388 g/mol. The zero-order chi connectivity index (χ0) is 16.1. The molecule has 0 spiro atoms. The Bertz CT molecular complexity index is 507. The van der Waals surface area contributed by atoms with E-state index < -0.39 is 0 Å². The molecule has 1 aliphatic carbocycles. The first-order chi connectivity index (χ1) is 11.2. The predicted molar refractivity (Wildman–Crippen MR) is 107 cm³/mol. The molecule has 0 aromatic heterocycles. The molecule has 1 aliphatic heterocycles. The summed E-state index contributed by atoms with van der Waals surface area (Å²) in [7, 11) is 0. The lowest BCUT2D eigenvalue weighted by Crippen LogP contribution is -2.47. The standard InChI is InChI=1S/C19H29N3O.2ClH/c20-17-8-4-7-16(13-17)19(23)21-18-9-11-22(12-10-18)14-15-5-2-1-3-6-15;;/h1-3,5-6,16-18H,4,7-14,20H2,(H,21,23);2*1H. The van der Waals surface area contributed by atoms with Crippen LogP contribution in [0.1, 0.15) is 44.1 Å². The van der Waals surface area contributed by atoms with E-state index in [1.54, 1.807) is 0 Å². The van der Waals surface area contributed by atoms with Crippen LogP contribution in [0, 0.1) is 5.92 Å². The number of nitrogens with zero attached hydrogens (tertiary/aromatic N) is 1. The quantitative estimate of drug-likeness (QED) is 0.833. The number of carbonyl (C=O) groups is 1. The van der Waals surface area contributed by atoms with Gasteiger partial charge in [0.15, 0.2) is 0 Å². The number of nitrogens with one attached hydrogen (secondary N) is 1. The van der Waals surface area contributed by atoms with Crippen LogP contribution in [0.2, 0.25) is 0 Å². The molecule has 6 heteroatoms. The molecule has 1 heterocycles. The lowest BCUT2D eigenvalue weighted by atomic mass is 9.85. The second-order valence-corrected chi connectivity index (χ2v) is 7.17. The zero-order valence-corrected chi connectivity index (χ0v) is 16.4. The van der Waals surface area contributed by atoms with Crippen molar-refractivity contribution < 1.29 is 4.79 Å². The molecule has 4 nitrogen and oxygen atoms in total. The van der Waals surface area contributed by atoms with Gasteiger partial charge in [0, 0.05) is 37.6 Å². The summed E-state index contributed by atoms with van der Waals surface area (Å²) in [6.07, 6.45) is 6.14. The number of hydrogen-bond acceptors (Lipinski definition) is 3. The molecule has 1 aromatic rings. The zero-order valence-electron chi connectivity index (χ0n) is 14.7. The maximum atomic E-state index is 12.4. The molecule has 3 rings (SSSR count). The van der Waals surface area contributed by atoms with Crippen LogP contribution in [0.25, 0.3) is 0 Å². The maximum Gasteiger partial charge on any atom is 0.223 e. The highest BCUT2D eigenvalue weighted by Crippen LogP contribution is 2.24. The second-order valence-electron chi connectivity index (χ2n) is 7.17. The number of amides is 1. The monoisotopic (exact) mass is 387 g/mol. The Labute approximate surface area is 163 Å². The summed E-state index contributed by atoms with van der Waals surface area (Å²) in [4.78, 5) is 14.9. The lowest BCUT2D eigenvalue weighted by Gasteiger charge is -2.34. The molecule has 2 aliphatic rings. The number of nitrogens with two attached hydrogens (primary N) is 1. The Kier molecular flexibility index (Phi) is 9.80. The second kappa shape index (κ2) is 11.0. The highest BCUT2D eigenvalue weighted by molar-refractivity contribution is 5.85. The Hall–Kier alpha value is -0.810. The van der Waals surface area contributed by atoms with Gasteiger partial charge in [-0.1, -0.05) is 36.8 Å². The number of likely N-dealkylation sites (tertiary alicyclic amines) is 1. The molecule has 3 N–H and O–H groups in total. The smallest absolute Gasteiger partial charge is 0.223 e. The van der Waals surface area contributed by atoms with E-state index in [0.717, 1.165) is 58.2 Å². The van der Waals surface area contributed by atoms with Crippen molar-refractivity contribution in [2.24, 2.45) is 11.7 Å². The molecule has 142 valence electrons. The van der Waals surface area contributed by atoms with Crippen molar-refractivity contribution in [2.75, 3.05) is 13.1 Å². The van der Waals surface area contributed by atoms with Crippen molar-refractivity contribution in [2.45, 2.75) is 57.2 Å². The third kappa shape index (κ3) is 6.78. The molecular weight excluding hydrogens is 357 g/mol. The molecule has 2 fully saturated rings. The van der Waals surface area contributed by atoms with Crippen LogP contribution in [0.15, 0.2) is 30.3 Å². The minimum Gasteiger partial charge on any atom is -0.353 e. The van der Waals surface area contributed by atoms with Crippen LogP contribution in [0.4, 0.5) is 0 Å². The maximum absolute atomic E-state index is 12.4. The molecular formula is C19H31Cl2N3O. The molecule has 0 bridgehead atoms. The molecule has 2 unspecified atom stereocenters. The third-order valence-corrected chi connectivity index (χ3v) is 5.27. The van der Waals surface area contributed by atoms with Gasteiger partial charge in [0.25, 0.3) is 0 Å².